The predicted octanol–water partition coefficient (Wildman–Crippen LogP) is 6.71. The Morgan fingerprint density at radius 2 is 2.06 bits per heavy atom. The lowest BCUT2D eigenvalue weighted by Crippen LogP contribution is -2.25. The molecule has 0 unspecified atom stereocenters. The van der Waals surface area contributed by atoms with E-state index in [1.54, 1.807) is 18.4 Å². The number of methoxy groups -OCH3 is 1. The lowest BCUT2D eigenvalue weighted by molar-refractivity contribution is 0.0952. The summed E-state index contributed by atoms with van der Waals surface area (Å²) in [6.07, 6.45) is 8.55. The molecule has 1 amide bonds. The van der Waals surface area contributed by atoms with Crippen molar-refractivity contribution in [2.24, 2.45) is 5.92 Å². The number of hydrogen-bond acceptors (Lipinski definition) is 4. The molecule has 1 N–H and O–H groups in total. The van der Waals surface area contributed by atoms with Gasteiger partial charge in [0.1, 0.15) is 10.8 Å². The van der Waals surface area contributed by atoms with E-state index in [9.17, 15) is 4.79 Å². The molecule has 0 saturated heterocycles. The van der Waals surface area contributed by atoms with Gasteiger partial charge in [-0.2, -0.15) is 0 Å². The minimum Gasteiger partial charge on any atom is -0.497 e. The molecular formula is C27H35N3O2S. The van der Waals surface area contributed by atoms with Gasteiger partial charge in [0.2, 0.25) is 0 Å². The van der Waals surface area contributed by atoms with Gasteiger partial charge in [-0.3, -0.25) is 4.79 Å². The largest absolute Gasteiger partial charge is 0.497 e. The van der Waals surface area contributed by atoms with Crippen molar-refractivity contribution in [3.63, 3.8) is 0 Å². The summed E-state index contributed by atoms with van der Waals surface area (Å²) in [6, 6.07) is 10.1. The smallest absolute Gasteiger partial charge is 0.253 e. The highest BCUT2D eigenvalue weighted by atomic mass is 32.1. The number of nitrogens with zero attached hydrogens (tertiary/aromatic N) is 2. The van der Waals surface area contributed by atoms with Crippen molar-refractivity contribution in [2.45, 2.75) is 65.3 Å². The van der Waals surface area contributed by atoms with Gasteiger partial charge in [0.15, 0.2) is 0 Å². The molecule has 0 spiro atoms. The summed E-state index contributed by atoms with van der Waals surface area (Å²) >= 11 is 1.63. The summed E-state index contributed by atoms with van der Waals surface area (Å²) in [5.41, 5.74) is 4.84. The van der Waals surface area contributed by atoms with Crippen LogP contribution >= 0.6 is 11.3 Å². The van der Waals surface area contributed by atoms with Crippen molar-refractivity contribution in [3.05, 3.63) is 47.0 Å². The molecule has 0 aliphatic heterocycles. The summed E-state index contributed by atoms with van der Waals surface area (Å²) in [6.45, 7) is 5.89. The standard InChI is InChI=1S/C27H35N3O2S/c1-4-5-14-28-26(31)23-16-25(30(19(23)2)17-20-10-7-6-8-11-20)24-18-33-27(29-24)21-12-9-13-22(15-21)32-3/h9,12-13,15-16,18,20H,4-8,10-11,14,17H2,1-3H3,(H,28,31). The number of aromatic nitrogens is 2. The third kappa shape index (κ3) is 5.49. The van der Waals surface area contributed by atoms with E-state index in [0.29, 0.717) is 12.5 Å². The number of nitrogens with one attached hydrogen (secondary N) is 1. The van der Waals surface area contributed by atoms with Crippen molar-refractivity contribution >= 4 is 17.2 Å². The molecule has 2 heterocycles. The highest BCUT2D eigenvalue weighted by molar-refractivity contribution is 7.13. The minimum absolute atomic E-state index is 0.0212. The van der Waals surface area contributed by atoms with E-state index in [1.807, 2.05) is 24.3 Å². The molecule has 1 aliphatic rings. The number of benzene rings is 1. The van der Waals surface area contributed by atoms with Crippen LogP contribution in [0.1, 0.15) is 67.9 Å². The van der Waals surface area contributed by atoms with Crippen molar-refractivity contribution < 1.29 is 9.53 Å². The summed E-state index contributed by atoms with van der Waals surface area (Å²) < 4.78 is 7.73. The normalized spacial score (nSPS) is 14.4. The Hall–Kier alpha value is -2.60. The van der Waals surface area contributed by atoms with Gasteiger partial charge in [-0.05, 0) is 50.3 Å². The van der Waals surface area contributed by atoms with Crippen LogP contribution in [-0.4, -0.2) is 29.1 Å². The van der Waals surface area contributed by atoms with Crippen LogP contribution in [0.4, 0.5) is 0 Å². The van der Waals surface area contributed by atoms with E-state index in [4.69, 9.17) is 9.72 Å². The maximum absolute atomic E-state index is 13.0. The zero-order valence-corrected chi connectivity index (χ0v) is 20.8. The Morgan fingerprint density at radius 1 is 1.24 bits per heavy atom. The molecule has 0 atom stereocenters. The molecule has 4 rings (SSSR count). The van der Waals surface area contributed by atoms with Crippen LogP contribution in [0.2, 0.25) is 0 Å². The van der Waals surface area contributed by atoms with Crippen molar-refractivity contribution in [1.29, 1.82) is 0 Å². The highest BCUT2D eigenvalue weighted by Crippen LogP contribution is 2.34. The predicted molar refractivity (Wildman–Crippen MR) is 136 cm³/mol. The van der Waals surface area contributed by atoms with E-state index in [0.717, 1.165) is 58.4 Å². The molecule has 176 valence electrons. The van der Waals surface area contributed by atoms with E-state index in [1.165, 1.54) is 32.1 Å². The first-order valence-electron chi connectivity index (χ1n) is 12.2. The maximum Gasteiger partial charge on any atom is 0.253 e. The zero-order chi connectivity index (χ0) is 23.2. The van der Waals surface area contributed by atoms with Gasteiger partial charge in [-0.1, -0.05) is 44.7 Å². The van der Waals surface area contributed by atoms with Crippen LogP contribution in [0, 0.1) is 12.8 Å². The van der Waals surface area contributed by atoms with Crippen molar-refractivity contribution in [2.75, 3.05) is 13.7 Å². The van der Waals surface area contributed by atoms with Gasteiger partial charge in [0, 0.05) is 29.7 Å². The van der Waals surface area contributed by atoms with Gasteiger partial charge in [-0.15, -0.1) is 11.3 Å². The zero-order valence-electron chi connectivity index (χ0n) is 20.0. The van der Waals surface area contributed by atoms with Crippen LogP contribution in [0.15, 0.2) is 35.7 Å². The highest BCUT2D eigenvalue weighted by Gasteiger charge is 2.23. The summed E-state index contributed by atoms with van der Waals surface area (Å²) in [4.78, 5) is 18.0. The Kier molecular flexibility index (Phi) is 7.86. The van der Waals surface area contributed by atoms with Crippen LogP contribution in [0.5, 0.6) is 5.75 Å². The van der Waals surface area contributed by atoms with Gasteiger partial charge >= 0.3 is 0 Å². The topological polar surface area (TPSA) is 56.1 Å². The maximum atomic E-state index is 13.0. The molecule has 1 aliphatic carbocycles. The number of carbonyl (C=O) groups excluding carboxylic acids is 1. The second-order valence-corrected chi connectivity index (χ2v) is 9.88. The first-order chi connectivity index (χ1) is 16.1. The van der Waals surface area contributed by atoms with E-state index in [-0.39, 0.29) is 5.91 Å². The van der Waals surface area contributed by atoms with Crippen LogP contribution in [-0.2, 0) is 6.54 Å². The molecule has 3 aromatic rings. The van der Waals surface area contributed by atoms with Crippen molar-refractivity contribution in [3.8, 4) is 27.7 Å². The van der Waals surface area contributed by atoms with E-state index in [2.05, 4.69) is 35.2 Å². The molecule has 1 saturated carbocycles. The average molecular weight is 466 g/mol. The molecule has 1 fully saturated rings. The molecular weight excluding hydrogens is 430 g/mol. The van der Waals surface area contributed by atoms with Crippen LogP contribution in [0.3, 0.4) is 0 Å². The Morgan fingerprint density at radius 3 is 2.82 bits per heavy atom. The molecule has 1 aromatic carbocycles. The number of hydrogen-bond donors (Lipinski definition) is 1. The van der Waals surface area contributed by atoms with Crippen molar-refractivity contribution in [1.82, 2.24) is 14.9 Å². The Bertz CT molecular complexity index is 1080. The summed E-state index contributed by atoms with van der Waals surface area (Å²) in [5, 5.41) is 6.17. The second kappa shape index (κ2) is 11.0. The fourth-order valence-corrected chi connectivity index (χ4v) is 5.52. The number of thiazole rings is 1. The third-order valence-electron chi connectivity index (χ3n) is 6.68. The van der Waals surface area contributed by atoms with E-state index >= 15 is 0 Å². The fraction of sp³-hybridized carbons (Fsp3) is 0.481. The first kappa shape index (κ1) is 23.6. The first-order valence-corrected chi connectivity index (χ1v) is 13.1. The molecule has 0 radical (unpaired) electrons. The number of carbonyl (C=O) groups is 1. The average Bonchev–Trinajstić information content (AvgIpc) is 3.45. The van der Waals surface area contributed by atoms with E-state index < -0.39 is 0 Å². The minimum atomic E-state index is 0.0212. The Balaban J connectivity index is 1.67. The third-order valence-corrected chi connectivity index (χ3v) is 7.57. The second-order valence-electron chi connectivity index (χ2n) is 9.02. The number of rotatable bonds is 9. The van der Waals surface area contributed by atoms with Gasteiger partial charge in [0.05, 0.1) is 24.1 Å². The molecule has 33 heavy (non-hydrogen) atoms. The quantitative estimate of drug-likeness (QED) is 0.358. The van der Waals surface area contributed by atoms with Gasteiger partial charge in [0.25, 0.3) is 5.91 Å². The van der Waals surface area contributed by atoms with Crippen LogP contribution in [0.25, 0.3) is 22.0 Å². The fourth-order valence-electron chi connectivity index (χ4n) is 4.70. The lowest BCUT2D eigenvalue weighted by atomic mass is 9.89. The molecule has 5 nitrogen and oxygen atoms in total. The Labute approximate surface area is 201 Å². The number of amides is 1. The summed E-state index contributed by atoms with van der Waals surface area (Å²) in [5.74, 6) is 1.51. The van der Waals surface area contributed by atoms with Gasteiger partial charge in [-0.25, -0.2) is 4.98 Å². The number of ether oxygens (including phenoxy) is 1. The number of unbranched alkanes of at least 4 members (excludes halogenated alkanes) is 1. The molecule has 6 heteroatoms. The SMILES string of the molecule is CCCCNC(=O)c1cc(-c2csc(-c3cccc(OC)c3)n2)n(CC2CCCCC2)c1C. The molecule has 0 bridgehead atoms. The van der Waals surface area contributed by atoms with Crippen LogP contribution < -0.4 is 10.1 Å². The molecule has 2 aromatic heterocycles. The monoisotopic (exact) mass is 465 g/mol. The summed E-state index contributed by atoms with van der Waals surface area (Å²) in [7, 11) is 1.68. The van der Waals surface area contributed by atoms with Gasteiger partial charge < -0.3 is 14.6 Å². The lowest BCUT2D eigenvalue weighted by Gasteiger charge is -2.24.